The molecule has 0 fully saturated rings. The zero-order chi connectivity index (χ0) is 12.6. The molecular formula is C11H20N6. The predicted octanol–water partition coefficient (Wildman–Crippen LogP) is 1.03. The lowest BCUT2D eigenvalue weighted by Gasteiger charge is -2.09. The maximum absolute atomic E-state index is 5.90. The summed E-state index contributed by atoms with van der Waals surface area (Å²) in [4.78, 5) is 2.12. The van der Waals surface area contributed by atoms with Crippen molar-refractivity contribution in [3.63, 3.8) is 0 Å². The molecule has 6 nitrogen and oxygen atoms in total. The molecule has 2 aromatic rings. The molecule has 6 heteroatoms. The SMILES string of the molecule is CC(C)c1nn(CCN(C)C)c2n[nH]c(N)c12. The number of likely N-dealkylation sites (N-methyl/N-ethyl adjacent to an activating group) is 1. The second-order valence-electron chi connectivity index (χ2n) is 4.90. The molecule has 94 valence electrons. The second kappa shape index (κ2) is 4.37. The van der Waals surface area contributed by atoms with Crippen LogP contribution in [0.4, 0.5) is 5.82 Å². The van der Waals surface area contributed by atoms with Gasteiger partial charge >= 0.3 is 0 Å². The van der Waals surface area contributed by atoms with E-state index in [2.05, 4.69) is 34.0 Å². The molecule has 2 rings (SSSR count). The number of rotatable bonds is 4. The van der Waals surface area contributed by atoms with Crippen molar-refractivity contribution in [2.45, 2.75) is 26.3 Å². The fourth-order valence-electron chi connectivity index (χ4n) is 1.87. The van der Waals surface area contributed by atoms with Crippen LogP contribution in [0.25, 0.3) is 11.0 Å². The van der Waals surface area contributed by atoms with Crippen LogP contribution in [0, 0.1) is 0 Å². The van der Waals surface area contributed by atoms with Gasteiger partial charge < -0.3 is 10.6 Å². The van der Waals surface area contributed by atoms with E-state index in [-0.39, 0.29) is 0 Å². The Labute approximate surface area is 101 Å². The van der Waals surface area contributed by atoms with Crippen molar-refractivity contribution in [2.75, 3.05) is 26.4 Å². The third-order valence-corrected chi connectivity index (χ3v) is 2.81. The first-order chi connectivity index (χ1) is 8.00. The van der Waals surface area contributed by atoms with Crippen molar-refractivity contribution in [1.82, 2.24) is 24.9 Å². The van der Waals surface area contributed by atoms with Crippen LogP contribution in [0.15, 0.2) is 0 Å². The second-order valence-corrected chi connectivity index (χ2v) is 4.90. The van der Waals surface area contributed by atoms with Crippen molar-refractivity contribution in [1.29, 1.82) is 0 Å². The summed E-state index contributed by atoms with van der Waals surface area (Å²) in [6, 6.07) is 0. The van der Waals surface area contributed by atoms with E-state index >= 15 is 0 Å². The quantitative estimate of drug-likeness (QED) is 0.831. The largest absolute Gasteiger partial charge is 0.383 e. The van der Waals surface area contributed by atoms with E-state index in [9.17, 15) is 0 Å². The molecule has 0 amide bonds. The van der Waals surface area contributed by atoms with Gasteiger partial charge in [0.2, 0.25) is 0 Å². The highest BCUT2D eigenvalue weighted by molar-refractivity contribution is 5.89. The highest BCUT2D eigenvalue weighted by atomic mass is 15.4. The lowest BCUT2D eigenvalue weighted by atomic mass is 10.1. The van der Waals surface area contributed by atoms with E-state index in [4.69, 9.17) is 5.73 Å². The summed E-state index contributed by atoms with van der Waals surface area (Å²) in [5.74, 6) is 0.956. The van der Waals surface area contributed by atoms with E-state index in [1.54, 1.807) is 0 Å². The fraction of sp³-hybridized carbons (Fsp3) is 0.636. The van der Waals surface area contributed by atoms with Gasteiger partial charge in [0.05, 0.1) is 17.6 Å². The fourth-order valence-corrected chi connectivity index (χ4v) is 1.87. The summed E-state index contributed by atoms with van der Waals surface area (Å²) in [6.45, 7) is 5.98. The van der Waals surface area contributed by atoms with Gasteiger partial charge in [0, 0.05) is 6.54 Å². The highest BCUT2D eigenvalue weighted by Gasteiger charge is 2.18. The molecule has 0 aromatic carbocycles. The maximum Gasteiger partial charge on any atom is 0.182 e. The summed E-state index contributed by atoms with van der Waals surface area (Å²) >= 11 is 0. The van der Waals surface area contributed by atoms with E-state index in [0.717, 1.165) is 29.8 Å². The van der Waals surface area contributed by atoms with Gasteiger partial charge in [-0.1, -0.05) is 13.8 Å². The number of nitrogens with two attached hydrogens (primary N) is 1. The molecule has 17 heavy (non-hydrogen) atoms. The Hall–Kier alpha value is -1.56. The van der Waals surface area contributed by atoms with Gasteiger partial charge in [0.25, 0.3) is 0 Å². The maximum atomic E-state index is 5.90. The van der Waals surface area contributed by atoms with Gasteiger partial charge in [0.1, 0.15) is 5.82 Å². The normalized spacial score (nSPS) is 12.1. The highest BCUT2D eigenvalue weighted by Crippen LogP contribution is 2.27. The van der Waals surface area contributed by atoms with Gasteiger partial charge in [-0.25, -0.2) is 4.68 Å². The van der Waals surface area contributed by atoms with E-state index in [0.29, 0.717) is 11.7 Å². The minimum atomic E-state index is 0.345. The van der Waals surface area contributed by atoms with Gasteiger partial charge in [-0.3, -0.25) is 5.10 Å². The summed E-state index contributed by atoms with van der Waals surface area (Å²) in [7, 11) is 4.09. The number of nitrogens with zero attached hydrogens (tertiary/aromatic N) is 4. The third kappa shape index (κ3) is 2.12. The molecule has 0 radical (unpaired) electrons. The zero-order valence-electron chi connectivity index (χ0n) is 10.9. The smallest absolute Gasteiger partial charge is 0.182 e. The first-order valence-corrected chi connectivity index (χ1v) is 5.85. The van der Waals surface area contributed by atoms with Crippen LogP contribution in [0.1, 0.15) is 25.5 Å². The van der Waals surface area contributed by atoms with Crippen molar-refractivity contribution >= 4 is 16.9 Å². The topological polar surface area (TPSA) is 75.8 Å². The number of fused-ring (bicyclic) bond motifs is 1. The molecule has 0 aliphatic carbocycles. The summed E-state index contributed by atoms with van der Waals surface area (Å²) in [5.41, 5.74) is 7.78. The van der Waals surface area contributed by atoms with E-state index in [1.807, 2.05) is 18.8 Å². The minimum Gasteiger partial charge on any atom is -0.383 e. The van der Waals surface area contributed by atoms with Gasteiger partial charge in [-0.05, 0) is 20.0 Å². The van der Waals surface area contributed by atoms with Crippen LogP contribution in [0.3, 0.4) is 0 Å². The Balaban J connectivity index is 2.43. The molecule has 0 spiro atoms. The summed E-state index contributed by atoms with van der Waals surface area (Å²) in [6.07, 6.45) is 0. The van der Waals surface area contributed by atoms with Crippen molar-refractivity contribution in [3.05, 3.63) is 5.69 Å². The van der Waals surface area contributed by atoms with Gasteiger partial charge in [-0.15, -0.1) is 0 Å². The Morgan fingerprint density at radius 3 is 2.71 bits per heavy atom. The van der Waals surface area contributed by atoms with Gasteiger partial charge in [-0.2, -0.15) is 10.2 Å². The molecule has 0 aliphatic heterocycles. The first kappa shape index (κ1) is 11.9. The number of hydrogen-bond acceptors (Lipinski definition) is 4. The number of hydrogen-bond donors (Lipinski definition) is 2. The van der Waals surface area contributed by atoms with Crippen LogP contribution in [0.2, 0.25) is 0 Å². The molecule has 0 atom stereocenters. The Morgan fingerprint density at radius 1 is 1.41 bits per heavy atom. The van der Waals surface area contributed by atoms with Gasteiger partial charge in [0.15, 0.2) is 5.65 Å². The molecule has 2 heterocycles. The minimum absolute atomic E-state index is 0.345. The number of nitrogens with one attached hydrogen (secondary N) is 1. The predicted molar refractivity (Wildman–Crippen MR) is 68.9 cm³/mol. The molecule has 0 aliphatic rings. The molecule has 0 saturated carbocycles. The third-order valence-electron chi connectivity index (χ3n) is 2.81. The van der Waals surface area contributed by atoms with Crippen LogP contribution >= 0.6 is 0 Å². The first-order valence-electron chi connectivity index (χ1n) is 5.85. The Morgan fingerprint density at radius 2 is 2.12 bits per heavy atom. The number of aromatic amines is 1. The lowest BCUT2D eigenvalue weighted by Crippen LogP contribution is -2.19. The molecule has 0 saturated heterocycles. The molecule has 2 aromatic heterocycles. The average Bonchev–Trinajstić information content (AvgIpc) is 2.77. The lowest BCUT2D eigenvalue weighted by molar-refractivity contribution is 0.375. The van der Waals surface area contributed by atoms with Crippen LogP contribution in [0.5, 0.6) is 0 Å². The van der Waals surface area contributed by atoms with Crippen molar-refractivity contribution in [3.8, 4) is 0 Å². The van der Waals surface area contributed by atoms with Crippen LogP contribution < -0.4 is 5.73 Å². The monoisotopic (exact) mass is 236 g/mol. The summed E-state index contributed by atoms with van der Waals surface area (Å²) < 4.78 is 1.93. The number of H-pyrrole nitrogens is 1. The molecule has 3 N–H and O–H groups in total. The Bertz CT molecular complexity index is 507. The Kier molecular flexibility index (Phi) is 3.06. The van der Waals surface area contributed by atoms with E-state index in [1.165, 1.54) is 0 Å². The zero-order valence-corrected chi connectivity index (χ0v) is 10.9. The summed E-state index contributed by atoms with van der Waals surface area (Å²) in [5, 5.41) is 12.6. The average molecular weight is 236 g/mol. The number of aromatic nitrogens is 4. The molecule has 0 bridgehead atoms. The molecule has 0 unspecified atom stereocenters. The number of nitrogen functional groups attached to an aromatic ring is 1. The standard InChI is InChI=1S/C11H20N6/c1-7(2)9-8-10(12)13-14-11(8)17(15-9)6-5-16(3)4/h7H,5-6H2,1-4H3,(H3,12,13,14). The van der Waals surface area contributed by atoms with Crippen LogP contribution in [-0.4, -0.2) is 45.5 Å². The number of anilines is 1. The van der Waals surface area contributed by atoms with E-state index < -0.39 is 0 Å². The van der Waals surface area contributed by atoms with Crippen LogP contribution in [-0.2, 0) is 6.54 Å². The van der Waals surface area contributed by atoms with Crippen molar-refractivity contribution < 1.29 is 0 Å². The molecular weight excluding hydrogens is 216 g/mol. The van der Waals surface area contributed by atoms with Crippen molar-refractivity contribution in [2.24, 2.45) is 0 Å².